The van der Waals surface area contributed by atoms with Crippen LogP contribution in [0.15, 0.2) is 0 Å². The van der Waals surface area contributed by atoms with Crippen molar-refractivity contribution in [2.45, 2.75) is 90.7 Å². The quantitative estimate of drug-likeness (QED) is 0.173. The van der Waals surface area contributed by atoms with Gasteiger partial charge < -0.3 is 14.2 Å². The van der Waals surface area contributed by atoms with E-state index in [0.29, 0.717) is 6.42 Å². The monoisotopic (exact) mass is 383 g/mol. The zero-order valence-corrected chi connectivity index (χ0v) is 17.9. The van der Waals surface area contributed by atoms with Crippen LogP contribution in [0.25, 0.3) is 0 Å². The molecule has 0 aromatic carbocycles. The number of esters is 1. The highest BCUT2D eigenvalue weighted by Gasteiger charge is 2.27. The first kappa shape index (κ1) is 25.3. The molecule has 1 amide bonds. The molecule has 27 heavy (non-hydrogen) atoms. The summed E-state index contributed by atoms with van der Waals surface area (Å²) in [6.45, 7) is 7.80. The minimum Gasteiger partial charge on any atom is -0.459 e. The standard InChI is InChI=1S/C21H37NO5/c1-7-8-9-10-11-12-14-18(15-13-16-19(23)26-6)22(17-25-5)20(24)27-21(2,3)4/h18H,7-12,14-15,17H2,1-6H3. The Bertz CT molecular complexity index is 487. The first-order valence-electron chi connectivity index (χ1n) is 9.80. The molecule has 0 heterocycles. The third-order valence-electron chi connectivity index (χ3n) is 3.94. The number of unbranched alkanes of at least 4 members (excludes halogenated alkanes) is 5. The van der Waals surface area contributed by atoms with E-state index in [2.05, 4.69) is 23.5 Å². The fraction of sp³-hybridized carbons (Fsp3) is 0.810. The number of carbonyl (C=O) groups excluding carboxylic acids is 2. The van der Waals surface area contributed by atoms with E-state index in [9.17, 15) is 9.59 Å². The molecule has 0 rings (SSSR count). The molecule has 0 saturated heterocycles. The van der Waals surface area contributed by atoms with Crippen LogP contribution in [0, 0.1) is 11.8 Å². The first-order valence-corrected chi connectivity index (χ1v) is 9.80. The summed E-state index contributed by atoms with van der Waals surface area (Å²) in [6, 6.07) is -0.178. The number of nitrogens with zero attached hydrogens (tertiary/aromatic N) is 1. The van der Waals surface area contributed by atoms with Crippen molar-refractivity contribution >= 4 is 12.1 Å². The van der Waals surface area contributed by atoms with Crippen LogP contribution in [0.2, 0.25) is 0 Å². The van der Waals surface area contributed by atoms with Crippen molar-refractivity contribution < 1.29 is 23.8 Å². The number of methoxy groups -OCH3 is 2. The second kappa shape index (κ2) is 14.3. The van der Waals surface area contributed by atoms with Crippen LogP contribution in [0.5, 0.6) is 0 Å². The molecule has 0 bridgehead atoms. The SMILES string of the molecule is CCCCCCCCC(CC#CC(=O)OC)N(COC)C(=O)OC(C)(C)C. The Hall–Kier alpha value is -1.74. The molecule has 0 N–H and O–H groups in total. The van der Waals surface area contributed by atoms with E-state index in [4.69, 9.17) is 9.47 Å². The van der Waals surface area contributed by atoms with Gasteiger partial charge in [-0.15, -0.1) is 0 Å². The number of ether oxygens (including phenoxy) is 3. The van der Waals surface area contributed by atoms with Crippen LogP contribution in [0.3, 0.4) is 0 Å². The Morgan fingerprint density at radius 3 is 2.22 bits per heavy atom. The number of rotatable bonds is 11. The highest BCUT2D eigenvalue weighted by molar-refractivity contribution is 5.88. The van der Waals surface area contributed by atoms with E-state index < -0.39 is 17.7 Å². The zero-order valence-electron chi connectivity index (χ0n) is 17.9. The average Bonchev–Trinajstić information content (AvgIpc) is 2.59. The maximum absolute atomic E-state index is 12.6. The van der Waals surface area contributed by atoms with Crippen molar-refractivity contribution in [2.75, 3.05) is 21.0 Å². The van der Waals surface area contributed by atoms with Crippen LogP contribution in [-0.4, -0.2) is 49.6 Å². The molecule has 0 saturated carbocycles. The van der Waals surface area contributed by atoms with Gasteiger partial charge in [0, 0.05) is 25.5 Å². The summed E-state index contributed by atoms with van der Waals surface area (Å²) in [4.78, 5) is 25.4. The maximum Gasteiger partial charge on any atom is 0.412 e. The van der Waals surface area contributed by atoms with E-state index in [1.165, 1.54) is 32.8 Å². The van der Waals surface area contributed by atoms with E-state index >= 15 is 0 Å². The number of amides is 1. The van der Waals surface area contributed by atoms with Crippen LogP contribution in [0.1, 0.15) is 79.1 Å². The van der Waals surface area contributed by atoms with Gasteiger partial charge in [0.05, 0.1) is 7.11 Å². The summed E-state index contributed by atoms with van der Waals surface area (Å²) in [7, 11) is 2.84. The molecule has 0 radical (unpaired) electrons. The summed E-state index contributed by atoms with van der Waals surface area (Å²) < 4.78 is 15.3. The van der Waals surface area contributed by atoms with Crippen molar-refractivity contribution in [2.24, 2.45) is 0 Å². The molecule has 0 aliphatic rings. The van der Waals surface area contributed by atoms with E-state index in [1.54, 1.807) is 12.0 Å². The molecular weight excluding hydrogens is 346 g/mol. The number of hydrogen-bond acceptors (Lipinski definition) is 5. The minimum absolute atomic E-state index is 0.120. The summed E-state index contributed by atoms with van der Waals surface area (Å²) in [6.07, 6.45) is 7.70. The van der Waals surface area contributed by atoms with Crippen molar-refractivity contribution in [1.29, 1.82) is 0 Å². The lowest BCUT2D eigenvalue weighted by molar-refractivity contribution is -0.133. The third-order valence-corrected chi connectivity index (χ3v) is 3.94. The van der Waals surface area contributed by atoms with Gasteiger partial charge in [0.25, 0.3) is 0 Å². The first-order chi connectivity index (χ1) is 12.7. The van der Waals surface area contributed by atoms with Gasteiger partial charge >= 0.3 is 12.1 Å². The molecule has 0 spiro atoms. The highest BCUT2D eigenvalue weighted by Crippen LogP contribution is 2.18. The van der Waals surface area contributed by atoms with Crippen LogP contribution in [-0.2, 0) is 19.0 Å². The van der Waals surface area contributed by atoms with E-state index in [-0.39, 0.29) is 12.8 Å². The fourth-order valence-corrected chi connectivity index (χ4v) is 2.59. The van der Waals surface area contributed by atoms with Crippen LogP contribution < -0.4 is 0 Å². The largest absolute Gasteiger partial charge is 0.459 e. The van der Waals surface area contributed by atoms with Crippen molar-refractivity contribution in [3.05, 3.63) is 0 Å². The van der Waals surface area contributed by atoms with Crippen molar-refractivity contribution in [1.82, 2.24) is 4.90 Å². The molecule has 6 heteroatoms. The Kier molecular flexibility index (Phi) is 13.4. The van der Waals surface area contributed by atoms with Gasteiger partial charge in [0.2, 0.25) is 0 Å². The topological polar surface area (TPSA) is 65.1 Å². The smallest absolute Gasteiger partial charge is 0.412 e. The number of hydrogen-bond donors (Lipinski definition) is 0. The van der Waals surface area contributed by atoms with Crippen LogP contribution >= 0.6 is 0 Å². The fourth-order valence-electron chi connectivity index (χ4n) is 2.59. The van der Waals surface area contributed by atoms with Gasteiger partial charge in [0.15, 0.2) is 0 Å². The van der Waals surface area contributed by atoms with Gasteiger partial charge in [-0.05, 0) is 27.2 Å². The lowest BCUT2D eigenvalue weighted by atomic mass is 10.0. The van der Waals surface area contributed by atoms with E-state index in [0.717, 1.165) is 19.3 Å². The van der Waals surface area contributed by atoms with Crippen molar-refractivity contribution in [3.63, 3.8) is 0 Å². The normalized spacial score (nSPS) is 11.9. The van der Waals surface area contributed by atoms with E-state index in [1.807, 2.05) is 20.8 Å². The predicted octanol–water partition coefficient (Wildman–Crippen LogP) is 4.51. The van der Waals surface area contributed by atoms with Gasteiger partial charge in [-0.3, -0.25) is 4.90 Å². The molecular formula is C21H37NO5. The van der Waals surface area contributed by atoms with Gasteiger partial charge in [-0.25, -0.2) is 9.59 Å². The molecule has 6 nitrogen and oxygen atoms in total. The molecule has 0 aliphatic carbocycles. The van der Waals surface area contributed by atoms with Crippen molar-refractivity contribution in [3.8, 4) is 11.8 Å². The second-order valence-electron chi connectivity index (χ2n) is 7.58. The molecule has 156 valence electrons. The Balaban J connectivity index is 5.01. The second-order valence-corrected chi connectivity index (χ2v) is 7.58. The van der Waals surface area contributed by atoms with Gasteiger partial charge in [-0.1, -0.05) is 51.4 Å². The lowest BCUT2D eigenvalue weighted by Crippen LogP contribution is -2.44. The van der Waals surface area contributed by atoms with Gasteiger partial charge in [-0.2, -0.15) is 0 Å². The number of carbonyl (C=O) groups is 2. The molecule has 0 fully saturated rings. The molecule has 0 aromatic heterocycles. The van der Waals surface area contributed by atoms with Crippen LogP contribution in [0.4, 0.5) is 4.79 Å². The Labute approximate surface area is 164 Å². The summed E-state index contributed by atoms with van der Waals surface area (Å²) in [5.41, 5.74) is -0.592. The molecule has 1 unspecified atom stereocenters. The Morgan fingerprint density at radius 2 is 1.67 bits per heavy atom. The zero-order chi connectivity index (χ0) is 20.7. The van der Waals surface area contributed by atoms with Gasteiger partial charge in [0.1, 0.15) is 12.3 Å². The summed E-state index contributed by atoms with van der Waals surface area (Å²) in [5.74, 6) is 4.68. The maximum atomic E-state index is 12.6. The summed E-state index contributed by atoms with van der Waals surface area (Å²) in [5, 5.41) is 0. The highest BCUT2D eigenvalue weighted by atomic mass is 16.6. The molecule has 0 aliphatic heterocycles. The summed E-state index contributed by atoms with van der Waals surface area (Å²) >= 11 is 0. The minimum atomic E-state index is -0.592. The average molecular weight is 384 g/mol. The predicted molar refractivity (Wildman–Crippen MR) is 106 cm³/mol. The Morgan fingerprint density at radius 1 is 1.04 bits per heavy atom. The lowest BCUT2D eigenvalue weighted by Gasteiger charge is -2.32. The molecule has 1 atom stereocenters. The molecule has 0 aromatic rings. The third kappa shape index (κ3) is 13.1.